The fourth-order valence-electron chi connectivity index (χ4n) is 1.49. The molecule has 0 amide bonds. The molecule has 1 rings (SSSR count). The Morgan fingerprint density at radius 1 is 1.47 bits per heavy atom. The van der Waals surface area contributed by atoms with Crippen LogP contribution in [0.4, 0.5) is 5.69 Å². The van der Waals surface area contributed by atoms with Gasteiger partial charge in [-0.25, -0.2) is 0 Å². The summed E-state index contributed by atoms with van der Waals surface area (Å²) in [7, 11) is 0. The van der Waals surface area contributed by atoms with Crippen molar-refractivity contribution in [3.05, 3.63) is 51.0 Å². The maximum atomic E-state index is 10.9. The van der Waals surface area contributed by atoms with Gasteiger partial charge in [-0.15, -0.1) is 6.58 Å². The molecule has 0 saturated heterocycles. The number of benzene rings is 1. The van der Waals surface area contributed by atoms with E-state index in [1.807, 2.05) is 0 Å². The van der Waals surface area contributed by atoms with Crippen LogP contribution in [0.1, 0.15) is 12.0 Å². The van der Waals surface area contributed by atoms with E-state index in [2.05, 4.69) is 27.8 Å². The van der Waals surface area contributed by atoms with Gasteiger partial charge in [-0.1, -0.05) is 22.0 Å². The Morgan fingerprint density at radius 3 is 2.95 bits per heavy atom. The molecule has 0 unspecified atom stereocenters. The van der Waals surface area contributed by atoms with Gasteiger partial charge < -0.3 is 10.1 Å². The van der Waals surface area contributed by atoms with Crippen LogP contribution >= 0.6 is 15.9 Å². The van der Waals surface area contributed by atoms with E-state index in [9.17, 15) is 10.1 Å². The molecule has 104 valence electrons. The highest BCUT2D eigenvalue weighted by Gasteiger charge is 2.13. The van der Waals surface area contributed by atoms with Crippen LogP contribution in [0.5, 0.6) is 0 Å². The monoisotopic (exact) mass is 328 g/mol. The normalized spacial score (nSPS) is 10.4. The maximum absolute atomic E-state index is 10.9. The lowest BCUT2D eigenvalue weighted by Crippen LogP contribution is -2.20. The molecule has 0 bridgehead atoms. The number of hydrogen-bond donors (Lipinski definition) is 1. The molecule has 1 N–H and O–H groups in total. The van der Waals surface area contributed by atoms with E-state index < -0.39 is 0 Å². The van der Waals surface area contributed by atoms with E-state index >= 15 is 0 Å². The number of nitrogens with one attached hydrogen (secondary N) is 1. The molecule has 1 aromatic carbocycles. The molecule has 0 heterocycles. The molecular formula is C13H17BrN2O3. The van der Waals surface area contributed by atoms with Gasteiger partial charge in [0.1, 0.15) is 0 Å². The largest absolute Gasteiger partial charge is 0.380 e. The minimum Gasteiger partial charge on any atom is -0.380 e. The number of nitro groups is 1. The molecule has 0 aromatic heterocycles. The first-order chi connectivity index (χ1) is 9.15. The van der Waals surface area contributed by atoms with Crippen LogP contribution in [-0.2, 0) is 11.3 Å². The number of ether oxygens (including phenoxy) is 1. The molecule has 0 fully saturated rings. The number of nitro benzene ring substituents is 1. The Bertz CT molecular complexity index is 438. The standard InChI is InChI=1S/C13H17BrN2O3/c1-2-3-7-19-8-6-15-10-11-4-5-12(14)9-13(11)16(17)18/h2,4-5,9,15H,1,3,6-8,10H2. The third-order valence-corrected chi connectivity index (χ3v) is 2.94. The minimum atomic E-state index is -0.373. The number of hydrogen-bond acceptors (Lipinski definition) is 4. The van der Waals surface area contributed by atoms with E-state index in [0.717, 1.165) is 6.42 Å². The molecule has 0 atom stereocenters. The van der Waals surface area contributed by atoms with Crippen molar-refractivity contribution in [3.8, 4) is 0 Å². The van der Waals surface area contributed by atoms with Gasteiger partial charge in [0.2, 0.25) is 0 Å². The van der Waals surface area contributed by atoms with Crippen molar-refractivity contribution in [2.75, 3.05) is 19.8 Å². The summed E-state index contributed by atoms with van der Waals surface area (Å²) in [5.74, 6) is 0. The van der Waals surface area contributed by atoms with Gasteiger partial charge in [0.25, 0.3) is 5.69 Å². The highest BCUT2D eigenvalue weighted by Crippen LogP contribution is 2.23. The smallest absolute Gasteiger partial charge is 0.275 e. The lowest BCUT2D eigenvalue weighted by atomic mass is 10.2. The first kappa shape index (κ1) is 15.8. The summed E-state index contributed by atoms with van der Waals surface area (Å²) in [6, 6.07) is 5.05. The van der Waals surface area contributed by atoms with E-state index in [1.54, 1.807) is 18.2 Å². The molecule has 19 heavy (non-hydrogen) atoms. The van der Waals surface area contributed by atoms with Crippen molar-refractivity contribution in [3.63, 3.8) is 0 Å². The highest BCUT2D eigenvalue weighted by molar-refractivity contribution is 9.10. The molecule has 0 radical (unpaired) electrons. The fraction of sp³-hybridized carbons (Fsp3) is 0.385. The Kier molecular flexibility index (Phi) is 7.32. The van der Waals surface area contributed by atoms with Crippen molar-refractivity contribution in [2.24, 2.45) is 0 Å². The molecule has 0 saturated carbocycles. The summed E-state index contributed by atoms with van der Waals surface area (Å²) in [6.07, 6.45) is 2.64. The minimum absolute atomic E-state index is 0.120. The number of nitrogens with zero attached hydrogens (tertiary/aromatic N) is 1. The Balaban J connectivity index is 2.36. The average Bonchev–Trinajstić information content (AvgIpc) is 2.39. The highest BCUT2D eigenvalue weighted by atomic mass is 79.9. The average molecular weight is 329 g/mol. The summed E-state index contributed by atoms with van der Waals surface area (Å²) in [5.41, 5.74) is 0.786. The molecule has 0 spiro atoms. The summed E-state index contributed by atoms with van der Waals surface area (Å²) in [4.78, 5) is 10.5. The van der Waals surface area contributed by atoms with Crippen molar-refractivity contribution in [1.82, 2.24) is 5.32 Å². The second kappa shape index (κ2) is 8.79. The summed E-state index contributed by atoms with van der Waals surface area (Å²) in [5, 5.41) is 14.0. The van der Waals surface area contributed by atoms with Gasteiger partial charge in [0.15, 0.2) is 0 Å². The topological polar surface area (TPSA) is 64.4 Å². The lowest BCUT2D eigenvalue weighted by Gasteiger charge is -2.06. The summed E-state index contributed by atoms with van der Waals surface area (Å²) >= 11 is 3.23. The third-order valence-electron chi connectivity index (χ3n) is 2.45. The van der Waals surface area contributed by atoms with Gasteiger partial charge in [-0.3, -0.25) is 10.1 Å². The Labute approximate surface area is 120 Å². The van der Waals surface area contributed by atoms with Crippen LogP contribution in [-0.4, -0.2) is 24.7 Å². The third kappa shape index (κ3) is 5.96. The first-order valence-corrected chi connectivity index (χ1v) is 6.76. The summed E-state index contributed by atoms with van der Waals surface area (Å²) in [6.45, 7) is 5.95. The van der Waals surface area contributed by atoms with Gasteiger partial charge in [0.05, 0.1) is 18.1 Å². The molecule has 1 aromatic rings. The molecular weight excluding hydrogens is 312 g/mol. The quantitative estimate of drug-likeness (QED) is 0.327. The van der Waals surface area contributed by atoms with Crippen LogP contribution in [0.2, 0.25) is 0 Å². The van der Waals surface area contributed by atoms with E-state index in [4.69, 9.17) is 4.74 Å². The van der Waals surface area contributed by atoms with Gasteiger partial charge in [-0.2, -0.15) is 0 Å². The van der Waals surface area contributed by atoms with E-state index in [1.165, 1.54) is 6.07 Å². The van der Waals surface area contributed by atoms with Gasteiger partial charge in [-0.05, 0) is 18.6 Å². The number of rotatable bonds is 9. The second-order valence-electron chi connectivity index (χ2n) is 3.90. The number of halogens is 1. The lowest BCUT2D eigenvalue weighted by molar-refractivity contribution is -0.385. The molecule has 5 nitrogen and oxygen atoms in total. The zero-order valence-corrected chi connectivity index (χ0v) is 12.2. The first-order valence-electron chi connectivity index (χ1n) is 5.97. The van der Waals surface area contributed by atoms with Crippen LogP contribution in [0.3, 0.4) is 0 Å². The van der Waals surface area contributed by atoms with Crippen LogP contribution in [0.25, 0.3) is 0 Å². The van der Waals surface area contributed by atoms with E-state index in [0.29, 0.717) is 36.3 Å². The van der Waals surface area contributed by atoms with E-state index in [-0.39, 0.29) is 10.6 Å². The molecule has 0 aliphatic heterocycles. The SMILES string of the molecule is C=CCCOCCNCc1ccc(Br)cc1[N+](=O)[O-]. The zero-order chi connectivity index (χ0) is 14.1. The Hall–Kier alpha value is -1.24. The van der Waals surface area contributed by atoms with Crippen LogP contribution in [0, 0.1) is 10.1 Å². The summed E-state index contributed by atoms with van der Waals surface area (Å²) < 4.78 is 6.04. The molecule has 0 aliphatic rings. The van der Waals surface area contributed by atoms with Crippen molar-refractivity contribution in [2.45, 2.75) is 13.0 Å². The van der Waals surface area contributed by atoms with Gasteiger partial charge >= 0.3 is 0 Å². The predicted molar refractivity (Wildman–Crippen MR) is 78.1 cm³/mol. The predicted octanol–water partition coefficient (Wildman–Crippen LogP) is 3.04. The maximum Gasteiger partial charge on any atom is 0.275 e. The zero-order valence-electron chi connectivity index (χ0n) is 10.6. The molecule has 6 heteroatoms. The van der Waals surface area contributed by atoms with Crippen molar-refractivity contribution < 1.29 is 9.66 Å². The van der Waals surface area contributed by atoms with Crippen LogP contribution < -0.4 is 5.32 Å². The second-order valence-corrected chi connectivity index (χ2v) is 4.81. The van der Waals surface area contributed by atoms with Gasteiger partial charge in [0, 0.05) is 29.2 Å². The van der Waals surface area contributed by atoms with Crippen molar-refractivity contribution in [1.29, 1.82) is 0 Å². The Morgan fingerprint density at radius 2 is 2.26 bits per heavy atom. The van der Waals surface area contributed by atoms with Crippen molar-refractivity contribution >= 4 is 21.6 Å². The van der Waals surface area contributed by atoms with Crippen LogP contribution in [0.15, 0.2) is 35.3 Å². The fourth-order valence-corrected chi connectivity index (χ4v) is 1.84. The molecule has 0 aliphatic carbocycles.